The topological polar surface area (TPSA) is 105 Å². The molecule has 1 aromatic carbocycles. The first-order chi connectivity index (χ1) is 13.5. The van der Waals surface area contributed by atoms with Crippen LogP contribution < -0.4 is 5.32 Å². The van der Waals surface area contributed by atoms with E-state index in [1.165, 1.54) is 28.0 Å². The Morgan fingerprint density at radius 1 is 1.07 bits per heavy atom. The maximum atomic E-state index is 12.6. The van der Waals surface area contributed by atoms with Gasteiger partial charge >= 0.3 is 0 Å². The van der Waals surface area contributed by atoms with E-state index in [0.717, 1.165) is 30.5 Å². The average molecular weight is 419 g/mol. The number of benzene rings is 1. The number of amides is 1. The molecule has 10 heteroatoms. The zero-order valence-electron chi connectivity index (χ0n) is 14.9. The van der Waals surface area contributed by atoms with Crippen molar-refractivity contribution in [3.63, 3.8) is 0 Å². The maximum Gasteiger partial charge on any atom is 0.291 e. The van der Waals surface area contributed by atoms with Gasteiger partial charge in [-0.05, 0) is 48.6 Å². The van der Waals surface area contributed by atoms with Crippen LogP contribution in [0, 0.1) is 0 Å². The molecule has 1 N–H and O–H groups in total. The van der Waals surface area contributed by atoms with E-state index in [-0.39, 0.29) is 10.9 Å². The lowest BCUT2D eigenvalue weighted by Gasteiger charge is -2.24. The molecule has 0 aliphatic carbocycles. The number of carbonyl (C=O) groups is 1. The molecule has 1 fully saturated rings. The molecule has 1 aliphatic rings. The van der Waals surface area contributed by atoms with Crippen molar-refractivity contribution in [3.05, 3.63) is 47.5 Å². The zero-order chi connectivity index (χ0) is 19.6. The highest BCUT2D eigenvalue weighted by atomic mass is 32.2. The molecule has 28 heavy (non-hydrogen) atoms. The third-order valence-electron chi connectivity index (χ3n) is 4.51. The molecule has 3 aromatic rings. The molecular weight excluding hydrogens is 400 g/mol. The molecule has 2 aromatic heterocycles. The van der Waals surface area contributed by atoms with Crippen LogP contribution in [-0.4, -0.2) is 41.3 Å². The second-order valence-electron chi connectivity index (χ2n) is 6.41. The average Bonchev–Trinajstić information content (AvgIpc) is 3.42. The van der Waals surface area contributed by atoms with Crippen LogP contribution in [0.25, 0.3) is 11.3 Å². The number of carbonyl (C=O) groups excluding carboxylic acids is 1. The van der Waals surface area contributed by atoms with Gasteiger partial charge in [0.05, 0.1) is 0 Å². The van der Waals surface area contributed by atoms with Crippen LogP contribution in [0.15, 0.2) is 51.3 Å². The Morgan fingerprint density at radius 3 is 2.50 bits per heavy atom. The number of aromatic nitrogens is 2. The first kappa shape index (κ1) is 18.8. The van der Waals surface area contributed by atoms with Gasteiger partial charge in [-0.25, -0.2) is 8.42 Å². The summed E-state index contributed by atoms with van der Waals surface area (Å²) in [5.74, 6) is -0.563. The van der Waals surface area contributed by atoms with E-state index in [1.807, 2.05) is 17.5 Å². The molecule has 4 rings (SSSR count). The second-order valence-corrected chi connectivity index (χ2v) is 8.88. The van der Waals surface area contributed by atoms with Gasteiger partial charge in [0, 0.05) is 29.7 Å². The standard InChI is InChI=1S/C18H18N4O4S2/c23-18(19-14-6-4-13(5-7-14)15-12-27-21-20-15)16-8-9-17(26-16)28(24,25)22-10-2-1-3-11-22/h4-9,12H,1-3,10-11H2,(H,19,23). The highest BCUT2D eigenvalue weighted by Gasteiger charge is 2.29. The highest BCUT2D eigenvalue weighted by Crippen LogP contribution is 2.24. The van der Waals surface area contributed by atoms with Crippen molar-refractivity contribution >= 4 is 33.2 Å². The predicted octanol–water partition coefficient (Wildman–Crippen LogP) is 3.23. The second kappa shape index (κ2) is 7.82. The third-order valence-corrected chi connectivity index (χ3v) is 6.79. The number of hydrogen-bond acceptors (Lipinski definition) is 7. The lowest BCUT2D eigenvalue weighted by molar-refractivity contribution is 0.0991. The molecule has 1 amide bonds. The summed E-state index contributed by atoms with van der Waals surface area (Å²) in [6.07, 6.45) is 2.69. The Bertz CT molecular complexity index is 1050. The number of nitrogens with one attached hydrogen (secondary N) is 1. The van der Waals surface area contributed by atoms with E-state index >= 15 is 0 Å². The quantitative estimate of drug-likeness (QED) is 0.682. The van der Waals surface area contributed by atoms with Gasteiger partial charge in [-0.1, -0.05) is 23.0 Å². The summed E-state index contributed by atoms with van der Waals surface area (Å²) >= 11 is 1.27. The van der Waals surface area contributed by atoms with Crippen molar-refractivity contribution in [2.24, 2.45) is 0 Å². The molecule has 0 radical (unpaired) electrons. The Hall–Kier alpha value is -2.56. The molecule has 1 aliphatic heterocycles. The Kier molecular flexibility index (Phi) is 5.25. The van der Waals surface area contributed by atoms with E-state index in [1.54, 1.807) is 12.1 Å². The van der Waals surface area contributed by atoms with Crippen molar-refractivity contribution in [2.75, 3.05) is 18.4 Å². The fourth-order valence-corrected chi connectivity index (χ4v) is 4.91. The van der Waals surface area contributed by atoms with Gasteiger partial charge < -0.3 is 9.73 Å². The minimum absolute atomic E-state index is 0.0524. The molecule has 8 nitrogen and oxygen atoms in total. The molecule has 3 heterocycles. The number of hydrogen-bond donors (Lipinski definition) is 1. The fourth-order valence-electron chi connectivity index (χ4n) is 3.02. The van der Waals surface area contributed by atoms with E-state index in [2.05, 4.69) is 14.9 Å². The highest BCUT2D eigenvalue weighted by molar-refractivity contribution is 7.89. The molecule has 0 bridgehead atoms. The van der Waals surface area contributed by atoms with Gasteiger partial charge in [0.2, 0.25) is 5.09 Å². The fraction of sp³-hybridized carbons (Fsp3) is 0.278. The Labute approximate surface area is 166 Å². The number of rotatable bonds is 5. The first-order valence-electron chi connectivity index (χ1n) is 8.83. The summed E-state index contributed by atoms with van der Waals surface area (Å²) in [6, 6.07) is 9.82. The van der Waals surface area contributed by atoms with Crippen LogP contribution in [0.1, 0.15) is 29.8 Å². The van der Waals surface area contributed by atoms with Gasteiger partial charge in [-0.2, -0.15) is 4.31 Å². The van der Waals surface area contributed by atoms with Crippen LogP contribution >= 0.6 is 11.5 Å². The largest absolute Gasteiger partial charge is 0.438 e. The predicted molar refractivity (Wildman–Crippen MR) is 105 cm³/mol. The molecule has 0 saturated carbocycles. The third kappa shape index (κ3) is 3.84. The zero-order valence-corrected chi connectivity index (χ0v) is 16.5. The van der Waals surface area contributed by atoms with E-state index < -0.39 is 15.9 Å². The summed E-state index contributed by atoms with van der Waals surface area (Å²) in [6.45, 7) is 0.955. The Morgan fingerprint density at radius 2 is 1.82 bits per heavy atom. The number of furan rings is 1. The Balaban J connectivity index is 1.46. The summed E-state index contributed by atoms with van der Waals surface area (Å²) in [5, 5.41) is 8.33. The van der Waals surface area contributed by atoms with Crippen molar-refractivity contribution in [2.45, 2.75) is 24.4 Å². The van der Waals surface area contributed by atoms with Crippen molar-refractivity contribution in [1.29, 1.82) is 0 Å². The lowest BCUT2D eigenvalue weighted by Crippen LogP contribution is -2.35. The van der Waals surface area contributed by atoms with E-state index in [9.17, 15) is 13.2 Å². The lowest BCUT2D eigenvalue weighted by atomic mass is 10.1. The van der Waals surface area contributed by atoms with Gasteiger partial charge in [-0.15, -0.1) is 5.10 Å². The monoisotopic (exact) mass is 418 g/mol. The van der Waals surface area contributed by atoms with Crippen LogP contribution in [0.4, 0.5) is 5.69 Å². The summed E-state index contributed by atoms with van der Waals surface area (Å²) in [5.41, 5.74) is 2.22. The molecule has 0 spiro atoms. The minimum atomic E-state index is -3.70. The number of anilines is 1. The first-order valence-corrected chi connectivity index (χ1v) is 11.1. The van der Waals surface area contributed by atoms with Gasteiger partial charge in [0.1, 0.15) is 5.69 Å². The van der Waals surface area contributed by atoms with E-state index in [4.69, 9.17) is 4.42 Å². The van der Waals surface area contributed by atoms with Crippen molar-refractivity contribution in [1.82, 2.24) is 13.9 Å². The summed E-state index contributed by atoms with van der Waals surface area (Å²) in [7, 11) is -3.70. The van der Waals surface area contributed by atoms with Gasteiger partial charge in [0.25, 0.3) is 15.9 Å². The van der Waals surface area contributed by atoms with Crippen LogP contribution in [0.3, 0.4) is 0 Å². The summed E-state index contributed by atoms with van der Waals surface area (Å²) < 4.78 is 35.8. The SMILES string of the molecule is O=C(Nc1ccc(-c2csnn2)cc1)c1ccc(S(=O)(=O)N2CCCCC2)o1. The minimum Gasteiger partial charge on any atom is -0.438 e. The number of nitrogens with zero attached hydrogens (tertiary/aromatic N) is 3. The van der Waals surface area contributed by atoms with Crippen molar-refractivity contribution < 1.29 is 17.6 Å². The van der Waals surface area contributed by atoms with Gasteiger partial charge in [0.15, 0.2) is 5.76 Å². The number of piperidine rings is 1. The smallest absolute Gasteiger partial charge is 0.291 e. The number of sulfonamides is 1. The van der Waals surface area contributed by atoms with Gasteiger partial charge in [-0.3, -0.25) is 4.79 Å². The maximum absolute atomic E-state index is 12.6. The van der Waals surface area contributed by atoms with Crippen molar-refractivity contribution in [3.8, 4) is 11.3 Å². The normalized spacial score (nSPS) is 15.4. The summed E-state index contributed by atoms with van der Waals surface area (Å²) in [4.78, 5) is 12.4. The molecular formula is C18H18N4O4S2. The van der Waals surface area contributed by atoms with Crippen LogP contribution in [-0.2, 0) is 10.0 Å². The molecule has 0 unspecified atom stereocenters. The molecule has 1 saturated heterocycles. The van der Waals surface area contributed by atoms with E-state index in [0.29, 0.717) is 18.8 Å². The molecule has 146 valence electrons. The molecule has 0 atom stereocenters. The van der Waals surface area contributed by atoms with Crippen LogP contribution in [0.2, 0.25) is 0 Å². The van der Waals surface area contributed by atoms with Crippen LogP contribution in [0.5, 0.6) is 0 Å².